The van der Waals surface area contributed by atoms with Gasteiger partial charge in [0.1, 0.15) is 5.76 Å². The van der Waals surface area contributed by atoms with Gasteiger partial charge in [-0.15, -0.1) is 24.0 Å². The van der Waals surface area contributed by atoms with Crippen LogP contribution in [-0.4, -0.2) is 28.8 Å². The predicted molar refractivity (Wildman–Crippen MR) is 124 cm³/mol. The van der Waals surface area contributed by atoms with Gasteiger partial charge in [0.05, 0.1) is 18.0 Å². The Morgan fingerprint density at radius 1 is 1.25 bits per heavy atom. The second kappa shape index (κ2) is 11.5. The van der Waals surface area contributed by atoms with Gasteiger partial charge >= 0.3 is 0 Å². The number of nitrogens with zero attached hydrogens (tertiary/aromatic N) is 3. The van der Waals surface area contributed by atoms with Crippen LogP contribution in [0.25, 0.3) is 5.69 Å². The molecule has 0 radical (unpaired) electrons. The molecule has 0 aliphatic carbocycles. The van der Waals surface area contributed by atoms with E-state index in [2.05, 4.69) is 58.8 Å². The van der Waals surface area contributed by atoms with E-state index in [1.54, 1.807) is 12.5 Å². The number of guanidine groups is 1. The molecule has 7 heteroatoms. The maximum Gasteiger partial charge on any atom is 0.191 e. The van der Waals surface area contributed by atoms with Crippen LogP contribution in [0.3, 0.4) is 0 Å². The molecule has 1 aromatic carbocycles. The molecule has 0 saturated carbocycles. The van der Waals surface area contributed by atoms with Crippen LogP contribution < -0.4 is 10.6 Å². The summed E-state index contributed by atoms with van der Waals surface area (Å²) in [5, 5.41) is 11.2. The Morgan fingerprint density at radius 3 is 2.86 bits per heavy atom. The molecule has 3 aromatic rings. The van der Waals surface area contributed by atoms with Crippen molar-refractivity contribution in [3.05, 3.63) is 72.4 Å². The topological polar surface area (TPSA) is 67.4 Å². The number of benzene rings is 1. The number of halogens is 1. The van der Waals surface area contributed by atoms with E-state index in [9.17, 15) is 0 Å². The van der Waals surface area contributed by atoms with Crippen molar-refractivity contribution >= 4 is 29.9 Å². The fourth-order valence-electron chi connectivity index (χ4n) is 2.78. The molecule has 2 N–H and O–H groups in total. The van der Waals surface area contributed by atoms with Gasteiger partial charge in [0.2, 0.25) is 0 Å². The first-order chi connectivity index (χ1) is 13.3. The van der Waals surface area contributed by atoms with Crippen molar-refractivity contribution in [2.24, 2.45) is 4.99 Å². The van der Waals surface area contributed by atoms with Crippen LogP contribution in [0.2, 0.25) is 0 Å². The molecule has 2 heterocycles. The van der Waals surface area contributed by atoms with Gasteiger partial charge in [-0.25, -0.2) is 4.68 Å². The molecule has 0 aliphatic heterocycles. The lowest BCUT2D eigenvalue weighted by Crippen LogP contribution is -2.40. The molecule has 6 nitrogen and oxygen atoms in total. The average molecular weight is 493 g/mol. The lowest BCUT2D eigenvalue weighted by Gasteiger charge is -2.19. The number of aliphatic imine (C=N–C) groups is 1. The zero-order valence-corrected chi connectivity index (χ0v) is 18.7. The van der Waals surface area contributed by atoms with Crippen molar-refractivity contribution in [1.82, 2.24) is 20.4 Å². The van der Waals surface area contributed by atoms with Gasteiger partial charge in [-0.05, 0) is 49.2 Å². The summed E-state index contributed by atoms with van der Waals surface area (Å²) in [6.07, 6.45) is 7.26. The highest BCUT2D eigenvalue weighted by atomic mass is 127. The van der Waals surface area contributed by atoms with Crippen molar-refractivity contribution in [2.45, 2.75) is 32.7 Å². The van der Waals surface area contributed by atoms with Crippen LogP contribution in [0.1, 0.15) is 37.6 Å². The lowest BCUT2D eigenvalue weighted by atomic mass is 10.1. The summed E-state index contributed by atoms with van der Waals surface area (Å²) in [6.45, 7) is 5.82. The molecular formula is C21H28IN5O. The van der Waals surface area contributed by atoms with Crippen LogP contribution >= 0.6 is 24.0 Å². The Labute approximate surface area is 183 Å². The van der Waals surface area contributed by atoms with E-state index in [1.807, 2.05) is 29.1 Å². The van der Waals surface area contributed by atoms with E-state index in [4.69, 9.17) is 4.42 Å². The van der Waals surface area contributed by atoms with Crippen molar-refractivity contribution in [1.29, 1.82) is 0 Å². The van der Waals surface area contributed by atoms with Gasteiger partial charge in [-0.3, -0.25) is 4.99 Å². The number of hydrogen-bond acceptors (Lipinski definition) is 3. The van der Waals surface area contributed by atoms with Crippen molar-refractivity contribution in [3.63, 3.8) is 0 Å². The Bertz CT molecular complexity index is 830. The van der Waals surface area contributed by atoms with Crippen LogP contribution in [0.5, 0.6) is 0 Å². The largest absolute Gasteiger partial charge is 0.469 e. The Morgan fingerprint density at radius 2 is 2.14 bits per heavy atom. The van der Waals surface area contributed by atoms with Crippen molar-refractivity contribution in [3.8, 4) is 5.69 Å². The quantitative estimate of drug-likeness (QED) is 0.279. The van der Waals surface area contributed by atoms with E-state index in [0.29, 0.717) is 0 Å². The van der Waals surface area contributed by atoms with Crippen LogP contribution in [0, 0.1) is 0 Å². The normalized spacial score (nSPS) is 12.3. The lowest BCUT2D eigenvalue weighted by molar-refractivity contribution is 0.506. The second-order valence-electron chi connectivity index (χ2n) is 6.40. The average Bonchev–Trinajstić information content (AvgIpc) is 3.40. The third-order valence-corrected chi connectivity index (χ3v) is 4.23. The highest BCUT2D eigenvalue weighted by molar-refractivity contribution is 14.0. The van der Waals surface area contributed by atoms with Gasteiger partial charge < -0.3 is 15.1 Å². The van der Waals surface area contributed by atoms with Crippen LogP contribution in [0.4, 0.5) is 0 Å². The molecule has 0 aliphatic rings. The van der Waals surface area contributed by atoms with Crippen molar-refractivity contribution in [2.75, 3.05) is 13.1 Å². The molecule has 28 heavy (non-hydrogen) atoms. The van der Waals surface area contributed by atoms with E-state index >= 15 is 0 Å². The first-order valence-corrected chi connectivity index (χ1v) is 9.43. The molecule has 0 bridgehead atoms. The first kappa shape index (κ1) is 22.0. The third-order valence-electron chi connectivity index (χ3n) is 4.23. The summed E-state index contributed by atoms with van der Waals surface area (Å²) < 4.78 is 7.25. The Balaban J connectivity index is 0.00000280. The maximum absolute atomic E-state index is 5.39. The van der Waals surface area contributed by atoms with E-state index in [0.717, 1.165) is 43.3 Å². The number of furan rings is 1. The minimum absolute atomic E-state index is 0. The maximum atomic E-state index is 5.39. The zero-order chi connectivity index (χ0) is 18.9. The molecule has 0 fully saturated rings. The zero-order valence-electron chi connectivity index (χ0n) is 16.3. The molecule has 3 rings (SSSR count). The summed E-state index contributed by atoms with van der Waals surface area (Å²) in [7, 11) is 0. The standard InChI is InChI=1S/C21H27N5O.HI/c1-3-11-22-21(23-13-10-20-9-5-15-27-20)25-17(2)18-7-4-8-19(16-18)26-14-6-12-24-26;/h4-9,12,14-17H,3,10-11,13H2,1-2H3,(H2,22,23,25);1H. The Kier molecular flexibility index (Phi) is 9.06. The number of nitrogens with one attached hydrogen (secondary N) is 2. The highest BCUT2D eigenvalue weighted by Gasteiger charge is 2.09. The highest BCUT2D eigenvalue weighted by Crippen LogP contribution is 2.16. The van der Waals surface area contributed by atoms with E-state index < -0.39 is 0 Å². The summed E-state index contributed by atoms with van der Waals surface area (Å²) >= 11 is 0. The van der Waals surface area contributed by atoms with Gasteiger partial charge in [0, 0.05) is 31.9 Å². The molecule has 0 saturated heterocycles. The minimum atomic E-state index is 0. The number of aromatic nitrogens is 2. The molecule has 1 atom stereocenters. The molecule has 150 valence electrons. The van der Waals surface area contributed by atoms with E-state index in [1.165, 1.54) is 5.56 Å². The fourth-order valence-corrected chi connectivity index (χ4v) is 2.78. The van der Waals surface area contributed by atoms with Gasteiger partial charge in [-0.2, -0.15) is 5.10 Å². The Hall–Kier alpha value is -2.29. The first-order valence-electron chi connectivity index (χ1n) is 9.43. The minimum Gasteiger partial charge on any atom is -0.469 e. The number of hydrogen-bond donors (Lipinski definition) is 2. The molecular weight excluding hydrogens is 465 g/mol. The van der Waals surface area contributed by atoms with Gasteiger partial charge in [0.25, 0.3) is 0 Å². The van der Waals surface area contributed by atoms with Crippen molar-refractivity contribution < 1.29 is 4.42 Å². The molecule has 1 unspecified atom stereocenters. The molecule has 0 spiro atoms. The second-order valence-corrected chi connectivity index (χ2v) is 6.40. The van der Waals surface area contributed by atoms with Crippen LogP contribution in [0.15, 0.2) is 70.5 Å². The monoisotopic (exact) mass is 493 g/mol. The van der Waals surface area contributed by atoms with Gasteiger partial charge in [0.15, 0.2) is 5.96 Å². The third kappa shape index (κ3) is 6.40. The molecule has 0 amide bonds. The predicted octanol–water partition coefficient (Wildman–Crippen LogP) is 4.33. The molecule has 2 aromatic heterocycles. The fraction of sp³-hybridized carbons (Fsp3) is 0.333. The summed E-state index contributed by atoms with van der Waals surface area (Å²) in [6, 6.07) is 14.3. The summed E-state index contributed by atoms with van der Waals surface area (Å²) in [5.41, 5.74) is 2.23. The van der Waals surface area contributed by atoms with Crippen LogP contribution in [-0.2, 0) is 6.42 Å². The smallest absolute Gasteiger partial charge is 0.191 e. The van der Waals surface area contributed by atoms with E-state index in [-0.39, 0.29) is 30.0 Å². The van der Waals surface area contributed by atoms with Gasteiger partial charge in [-0.1, -0.05) is 19.1 Å². The summed E-state index contributed by atoms with van der Waals surface area (Å²) in [5.74, 6) is 1.79. The SMILES string of the molecule is CCCN=C(NCCc1ccco1)NC(C)c1cccc(-n2cccn2)c1.I. The summed E-state index contributed by atoms with van der Waals surface area (Å²) in [4.78, 5) is 4.65. The number of rotatable bonds is 8.